The maximum atomic E-state index is 5.93. The number of anilines is 2. The number of rotatable bonds is 5. The van der Waals surface area contributed by atoms with Crippen LogP contribution in [0.4, 0.5) is 11.6 Å². The quantitative estimate of drug-likeness (QED) is 0.850. The second-order valence-electron chi connectivity index (χ2n) is 4.88. The number of nitrogens with two attached hydrogens (primary N) is 1. The fourth-order valence-corrected chi connectivity index (χ4v) is 2.09. The van der Waals surface area contributed by atoms with Gasteiger partial charge in [0.2, 0.25) is 0 Å². The summed E-state index contributed by atoms with van der Waals surface area (Å²) >= 11 is 0. The highest BCUT2D eigenvalue weighted by atomic mass is 15.2. The van der Waals surface area contributed by atoms with Crippen molar-refractivity contribution in [2.75, 3.05) is 17.2 Å². The van der Waals surface area contributed by atoms with Crippen LogP contribution in [0.2, 0.25) is 0 Å². The van der Waals surface area contributed by atoms with E-state index in [4.69, 9.17) is 5.73 Å². The lowest BCUT2D eigenvalue weighted by atomic mass is 10.2. The highest BCUT2D eigenvalue weighted by Crippen LogP contribution is 2.33. The molecule has 0 aromatic carbocycles. The summed E-state index contributed by atoms with van der Waals surface area (Å²) in [5, 5.41) is 0. The fourth-order valence-electron chi connectivity index (χ4n) is 2.09. The summed E-state index contributed by atoms with van der Waals surface area (Å²) in [5.41, 5.74) is 6.96. The molecule has 0 atom stereocenters. The lowest BCUT2D eigenvalue weighted by Crippen LogP contribution is -2.29. The number of nitrogens with zero attached hydrogens (tertiary/aromatic N) is 3. The minimum Gasteiger partial charge on any atom is -0.383 e. The fraction of sp³-hybridized carbons (Fsp3) is 0.692. The van der Waals surface area contributed by atoms with Gasteiger partial charge in [-0.1, -0.05) is 13.3 Å². The molecule has 4 heteroatoms. The van der Waals surface area contributed by atoms with Gasteiger partial charge in [-0.05, 0) is 33.1 Å². The molecule has 0 spiro atoms. The molecule has 1 fully saturated rings. The van der Waals surface area contributed by atoms with E-state index >= 15 is 0 Å². The number of aromatic nitrogens is 2. The topological polar surface area (TPSA) is 55.0 Å². The molecule has 0 saturated heterocycles. The van der Waals surface area contributed by atoms with Crippen molar-refractivity contribution in [3.8, 4) is 0 Å². The Bertz CT molecular complexity index is 399. The van der Waals surface area contributed by atoms with Gasteiger partial charge in [-0.25, -0.2) is 9.97 Å². The average Bonchev–Trinajstić information content (AvgIpc) is 3.09. The minimum absolute atomic E-state index is 0.620. The molecule has 4 nitrogen and oxygen atoms in total. The van der Waals surface area contributed by atoms with Gasteiger partial charge in [-0.15, -0.1) is 0 Å². The normalized spacial score (nSPS) is 15.0. The van der Waals surface area contributed by atoms with Gasteiger partial charge in [0.05, 0.1) is 0 Å². The molecule has 0 amide bonds. The zero-order valence-corrected chi connectivity index (χ0v) is 11.0. The smallest absolute Gasteiger partial charge is 0.137 e. The molecule has 0 unspecified atom stereocenters. The van der Waals surface area contributed by atoms with Crippen molar-refractivity contribution >= 4 is 11.6 Å². The summed E-state index contributed by atoms with van der Waals surface area (Å²) in [6.07, 6.45) is 4.99. The molecule has 2 rings (SSSR count). The monoisotopic (exact) mass is 234 g/mol. The van der Waals surface area contributed by atoms with Crippen LogP contribution in [0.15, 0.2) is 0 Å². The Morgan fingerprint density at radius 3 is 2.59 bits per heavy atom. The first-order valence-corrected chi connectivity index (χ1v) is 6.50. The number of hydrogen-bond donors (Lipinski definition) is 1. The van der Waals surface area contributed by atoms with Crippen molar-refractivity contribution in [2.45, 2.75) is 52.5 Å². The Labute approximate surface area is 103 Å². The molecule has 94 valence electrons. The maximum absolute atomic E-state index is 5.93. The zero-order valence-electron chi connectivity index (χ0n) is 11.0. The van der Waals surface area contributed by atoms with Crippen LogP contribution in [0, 0.1) is 13.8 Å². The molecule has 1 aromatic heterocycles. The van der Waals surface area contributed by atoms with Crippen LogP contribution in [-0.2, 0) is 0 Å². The summed E-state index contributed by atoms with van der Waals surface area (Å²) in [7, 11) is 0. The van der Waals surface area contributed by atoms with Crippen molar-refractivity contribution in [1.82, 2.24) is 9.97 Å². The Hall–Kier alpha value is -1.32. The van der Waals surface area contributed by atoms with Gasteiger partial charge < -0.3 is 10.6 Å². The van der Waals surface area contributed by atoms with E-state index in [9.17, 15) is 0 Å². The van der Waals surface area contributed by atoms with Crippen LogP contribution in [-0.4, -0.2) is 22.6 Å². The predicted molar refractivity (Wildman–Crippen MR) is 71.2 cm³/mol. The molecule has 0 radical (unpaired) electrons. The van der Waals surface area contributed by atoms with Gasteiger partial charge in [0.15, 0.2) is 0 Å². The molecule has 1 aromatic rings. The third kappa shape index (κ3) is 2.68. The summed E-state index contributed by atoms with van der Waals surface area (Å²) in [5.74, 6) is 2.44. The van der Waals surface area contributed by atoms with Gasteiger partial charge >= 0.3 is 0 Å². The number of aryl methyl sites for hydroxylation is 1. The molecule has 17 heavy (non-hydrogen) atoms. The van der Waals surface area contributed by atoms with Crippen LogP contribution in [0.3, 0.4) is 0 Å². The maximum Gasteiger partial charge on any atom is 0.137 e. The number of unbranched alkanes of at least 4 members (excludes halogenated alkanes) is 1. The molecule has 2 N–H and O–H groups in total. The average molecular weight is 234 g/mol. The zero-order chi connectivity index (χ0) is 12.4. The third-order valence-corrected chi connectivity index (χ3v) is 3.28. The Kier molecular flexibility index (Phi) is 3.50. The summed E-state index contributed by atoms with van der Waals surface area (Å²) < 4.78 is 0. The van der Waals surface area contributed by atoms with Crippen molar-refractivity contribution in [1.29, 1.82) is 0 Å². The lowest BCUT2D eigenvalue weighted by molar-refractivity contribution is 0.699. The molecule has 0 aliphatic heterocycles. The second kappa shape index (κ2) is 4.90. The van der Waals surface area contributed by atoms with Gasteiger partial charge in [-0.3, -0.25) is 0 Å². The van der Waals surface area contributed by atoms with E-state index < -0.39 is 0 Å². The summed E-state index contributed by atoms with van der Waals surface area (Å²) in [6, 6.07) is 0.675. The van der Waals surface area contributed by atoms with E-state index in [0.717, 1.165) is 23.8 Å². The largest absolute Gasteiger partial charge is 0.383 e. The van der Waals surface area contributed by atoms with Crippen molar-refractivity contribution < 1.29 is 0 Å². The van der Waals surface area contributed by atoms with Crippen LogP contribution >= 0.6 is 0 Å². The van der Waals surface area contributed by atoms with E-state index in [1.807, 2.05) is 13.8 Å². The molecule has 1 aliphatic rings. The number of nitrogen functional groups attached to an aromatic ring is 1. The Balaban J connectivity index is 2.28. The van der Waals surface area contributed by atoms with Crippen LogP contribution in [0.5, 0.6) is 0 Å². The van der Waals surface area contributed by atoms with Gasteiger partial charge in [-0.2, -0.15) is 0 Å². The second-order valence-corrected chi connectivity index (χ2v) is 4.88. The van der Waals surface area contributed by atoms with E-state index in [1.54, 1.807) is 0 Å². The van der Waals surface area contributed by atoms with Gasteiger partial charge in [0.1, 0.15) is 17.5 Å². The van der Waals surface area contributed by atoms with E-state index in [-0.39, 0.29) is 0 Å². The Morgan fingerprint density at radius 1 is 1.29 bits per heavy atom. The highest BCUT2D eigenvalue weighted by molar-refractivity contribution is 5.57. The van der Waals surface area contributed by atoms with Crippen molar-refractivity contribution in [3.63, 3.8) is 0 Å². The molecule has 1 saturated carbocycles. The first-order valence-electron chi connectivity index (χ1n) is 6.50. The summed E-state index contributed by atoms with van der Waals surface area (Å²) in [6.45, 7) is 7.23. The third-order valence-electron chi connectivity index (χ3n) is 3.28. The highest BCUT2D eigenvalue weighted by Gasteiger charge is 2.31. The Morgan fingerprint density at radius 2 is 2.00 bits per heavy atom. The lowest BCUT2D eigenvalue weighted by Gasteiger charge is -2.25. The molecule has 1 aliphatic carbocycles. The van der Waals surface area contributed by atoms with Gasteiger partial charge in [0.25, 0.3) is 0 Å². The first kappa shape index (κ1) is 12.1. The van der Waals surface area contributed by atoms with Crippen LogP contribution in [0.1, 0.15) is 44.0 Å². The van der Waals surface area contributed by atoms with Crippen molar-refractivity contribution in [2.24, 2.45) is 0 Å². The van der Waals surface area contributed by atoms with Crippen LogP contribution in [0.25, 0.3) is 0 Å². The SMILES string of the molecule is CCCCN(c1nc(C)nc(N)c1C)C1CC1. The van der Waals surface area contributed by atoms with E-state index in [0.29, 0.717) is 11.9 Å². The minimum atomic E-state index is 0.620. The first-order chi connectivity index (χ1) is 8.13. The predicted octanol–water partition coefficient (Wildman–Crippen LogP) is 2.44. The summed E-state index contributed by atoms with van der Waals surface area (Å²) in [4.78, 5) is 11.2. The molecular weight excluding hydrogens is 212 g/mol. The molecule has 0 bridgehead atoms. The molecular formula is C13H22N4. The van der Waals surface area contributed by atoms with Gasteiger partial charge in [0, 0.05) is 18.2 Å². The van der Waals surface area contributed by atoms with E-state index in [1.165, 1.54) is 25.7 Å². The van der Waals surface area contributed by atoms with Crippen LogP contribution < -0.4 is 10.6 Å². The van der Waals surface area contributed by atoms with E-state index in [2.05, 4.69) is 21.8 Å². The molecule has 1 heterocycles. The number of hydrogen-bond acceptors (Lipinski definition) is 4. The van der Waals surface area contributed by atoms with Crippen molar-refractivity contribution in [3.05, 3.63) is 11.4 Å². The standard InChI is InChI=1S/C13H22N4/c1-4-5-8-17(11-6-7-11)13-9(2)12(14)15-10(3)16-13/h11H,4-8H2,1-3H3,(H2,14,15,16).